The van der Waals surface area contributed by atoms with Gasteiger partial charge in [0.2, 0.25) is 5.91 Å². The molecule has 4 rings (SSSR count). The highest BCUT2D eigenvalue weighted by atomic mass is 32.2. The Morgan fingerprint density at radius 1 is 0.968 bits per heavy atom. The van der Waals surface area contributed by atoms with Crippen LogP contribution in [0.4, 0.5) is 0 Å². The molecule has 6 nitrogen and oxygen atoms in total. The molecule has 0 aliphatic heterocycles. The van der Waals surface area contributed by atoms with Crippen molar-refractivity contribution in [3.63, 3.8) is 0 Å². The molecule has 0 saturated carbocycles. The molecule has 4 aromatic rings. The molecular weight excluding hydrogens is 406 g/mol. The van der Waals surface area contributed by atoms with Gasteiger partial charge in [0.25, 0.3) is 0 Å². The summed E-state index contributed by atoms with van der Waals surface area (Å²) < 4.78 is 1.90. The van der Waals surface area contributed by atoms with E-state index in [1.165, 1.54) is 17.3 Å². The van der Waals surface area contributed by atoms with E-state index < -0.39 is 0 Å². The van der Waals surface area contributed by atoms with Crippen LogP contribution in [0.25, 0.3) is 5.65 Å². The summed E-state index contributed by atoms with van der Waals surface area (Å²) in [7, 11) is 0. The third-order valence-electron chi connectivity index (χ3n) is 5.07. The number of aromatic nitrogens is 4. The predicted molar refractivity (Wildman–Crippen MR) is 123 cm³/mol. The maximum atomic E-state index is 13.2. The van der Waals surface area contributed by atoms with Crippen molar-refractivity contribution in [3.05, 3.63) is 89.4 Å². The van der Waals surface area contributed by atoms with Crippen molar-refractivity contribution in [2.45, 2.75) is 32.0 Å². The first-order chi connectivity index (χ1) is 15.1. The average Bonchev–Trinajstić information content (AvgIpc) is 3.19. The second kappa shape index (κ2) is 9.75. The molecule has 0 spiro atoms. The van der Waals surface area contributed by atoms with Gasteiger partial charge < -0.3 is 4.90 Å². The zero-order chi connectivity index (χ0) is 21.6. The average molecular weight is 432 g/mol. The third-order valence-corrected chi connectivity index (χ3v) is 5.98. The number of hydrogen-bond acceptors (Lipinski definition) is 5. The molecular formula is C24H25N5OS. The highest BCUT2D eigenvalue weighted by molar-refractivity contribution is 7.99. The van der Waals surface area contributed by atoms with Gasteiger partial charge in [0, 0.05) is 24.8 Å². The van der Waals surface area contributed by atoms with E-state index in [0.717, 1.165) is 29.1 Å². The van der Waals surface area contributed by atoms with Gasteiger partial charge in [-0.15, -0.1) is 10.2 Å². The quantitative estimate of drug-likeness (QED) is 0.393. The molecule has 2 heterocycles. The molecule has 0 radical (unpaired) electrons. The fraction of sp³-hybridized carbons (Fsp3) is 0.250. The summed E-state index contributed by atoms with van der Waals surface area (Å²) in [4.78, 5) is 19.6. The topological polar surface area (TPSA) is 63.4 Å². The summed E-state index contributed by atoms with van der Waals surface area (Å²) in [6.07, 6.45) is 0.820. The Morgan fingerprint density at radius 2 is 1.65 bits per heavy atom. The van der Waals surface area contributed by atoms with E-state index in [-0.39, 0.29) is 5.91 Å². The first-order valence-corrected chi connectivity index (χ1v) is 11.3. The van der Waals surface area contributed by atoms with Crippen LogP contribution < -0.4 is 0 Å². The Labute approximate surface area is 186 Å². The molecule has 2 aromatic heterocycles. The van der Waals surface area contributed by atoms with Crippen LogP contribution in [0.5, 0.6) is 0 Å². The van der Waals surface area contributed by atoms with E-state index >= 15 is 0 Å². The Hall–Kier alpha value is -3.19. The van der Waals surface area contributed by atoms with Gasteiger partial charge in [-0.05, 0) is 31.4 Å². The number of rotatable bonds is 8. The number of fused-ring (bicyclic) bond motifs is 1. The van der Waals surface area contributed by atoms with Gasteiger partial charge in [0.1, 0.15) is 5.82 Å². The molecule has 0 fully saturated rings. The molecule has 2 aromatic carbocycles. The third kappa shape index (κ3) is 5.30. The molecule has 0 N–H and O–H groups in total. The van der Waals surface area contributed by atoms with Crippen molar-refractivity contribution < 1.29 is 4.79 Å². The van der Waals surface area contributed by atoms with E-state index in [2.05, 4.69) is 39.4 Å². The standard InChI is InChI=1S/C24H25N5OS/c1-18-15-22-26-27-24(29(22)19(2)25-18)31-17-23(30)28(16-21-11-7-4-8-12-21)14-13-20-9-5-3-6-10-20/h3-12,15H,13-14,16-17H2,1-2H3. The second-order valence-corrected chi connectivity index (χ2v) is 8.39. The molecule has 0 atom stereocenters. The maximum absolute atomic E-state index is 13.2. The lowest BCUT2D eigenvalue weighted by molar-refractivity contribution is -0.128. The van der Waals surface area contributed by atoms with Gasteiger partial charge in [-0.1, -0.05) is 72.4 Å². The Bertz CT molecular complexity index is 1160. The van der Waals surface area contributed by atoms with E-state index in [1.54, 1.807) is 0 Å². The van der Waals surface area contributed by atoms with Crippen LogP contribution in [-0.2, 0) is 17.8 Å². The van der Waals surface area contributed by atoms with E-state index in [0.29, 0.717) is 24.0 Å². The van der Waals surface area contributed by atoms with E-state index in [4.69, 9.17) is 0 Å². The number of hydrogen-bond donors (Lipinski definition) is 0. The second-order valence-electron chi connectivity index (χ2n) is 7.45. The summed E-state index contributed by atoms with van der Waals surface area (Å²) in [5.74, 6) is 1.20. The Morgan fingerprint density at radius 3 is 2.35 bits per heavy atom. The van der Waals surface area contributed by atoms with Gasteiger partial charge in [-0.25, -0.2) is 4.98 Å². The molecule has 158 valence electrons. The fourth-order valence-electron chi connectivity index (χ4n) is 3.52. The minimum Gasteiger partial charge on any atom is -0.337 e. The normalized spacial score (nSPS) is 11.0. The van der Waals surface area contributed by atoms with Gasteiger partial charge in [-0.2, -0.15) is 0 Å². The van der Waals surface area contributed by atoms with E-state index in [1.807, 2.05) is 65.6 Å². The number of thioether (sulfide) groups is 1. The number of nitrogens with zero attached hydrogens (tertiary/aromatic N) is 5. The predicted octanol–water partition coefficient (Wildman–Crippen LogP) is 4.10. The summed E-state index contributed by atoms with van der Waals surface area (Å²) in [6.45, 7) is 5.12. The number of amides is 1. The molecule has 0 unspecified atom stereocenters. The first kappa shape index (κ1) is 21.1. The van der Waals surface area contributed by atoms with Gasteiger partial charge in [0.15, 0.2) is 10.8 Å². The lowest BCUT2D eigenvalue weighted by Crippen LogP contribution is -2.33. The van der Waals surface area contributed by atoms with Crippen LogP contribution in [0.15, 0.2) is 71.9 Å². The number of aryl methyl sites for hydroxylation is 2. The molecule has 0 saturated heterocycles. The van der Waals surface area contributed by atoms with Crippen LogP contribution in [0, 0.1) is 13.8 Å². The van der Waals surface area contributed by atoms with Crippen molar-refractivity contribution in [3.8, 4) is 0 Å². The minimum absolute atomic E-state index is 0.0826. The number of carbonyl (C=O) groups excluding carboxylic acids is 1. The summed E-state index contributed by atoms with van der Waals surface area (Å²) in [5.41, 5.74) is 4.00. The zero-order valence-electron chi connectivity index (χ0n) is 17.7. The summed E-state index contributed by atoms with van der Waals surface area (Å²) in [6, 6.07) is 22.3. The SMILES string of the molecule is Cc1cc2nnc(SCC(=O)N(CCc3ccccc3)Cc3ccccc3)n2c(C)n1. The number of benzene rings is 2. The van der Waals surface area contributed by atoms with Crippen LogP contribution in [0.1, 0.15) is 22.6 Å². The van der Waals surface area contributed by atoms with Gasteiger partial charge in [-0.3, -0.25) is 9.20 Å². The van der Waals surface area contributed by atoms with Crippen LogP contribution >= 0.6 is 11.8 Å². The highest BCUT2D eigenvalue weighted by Crippen LogP contribution is 2.20. The van der Waals surface area contributed by atoms with Crippen LogP contribution in [0.3, 0.4) is 0 Å². The van der Waals surface area contributed by atoms with Crippen LogP contribution in [0.2, 0.25) is 0 Å². The van der Waals surface area contributed by atoms with Gasteiger partial charge in [0.05, 0.1) is 5.75 Å². The summed E-state index contributed by atoms with van der Waals surface area (Å²) in [5, 5.41) is 9.20. The fourth-order valence-corrected chi connectivity index (χ4v) is 4.41. The molecule has 0 aliphatic carbocycles. The monoisotopic (exact) mass is 431 g/mol. The van der Waals surface area contributed by atoms with Crippen molar-refractivity contribution in [2.24, 2.45) is 0 Å². The van der Waals surface area contributed by atoms with Crippen LogP contribution in [-0.4, -0.2) is 42.7 Å². The smallest absolute Gasteiger partial charge is 0.233 e. The molecule has 1 amide bonds. The maximum Gasteiger partial charge on any atom is 0.233 e. The van der Waals surface area contributed by atoms with Crippen molar-refractivity contribution >= 4 is 23.3 Å². The van der Waals surface area contributed by atoms with Crippen molar-refractivity contribution in [2.75, 3.05) is 12.3 Å². The van der Waals surface area contributed by atoms with E-state index in [9.17, 15) is 4.79 Å². The van der Waals surface area contributed by atoms with Crippen molar-refractivity contribution in [1.82, 2.24) is 24.5 Å². The summed E-state index contributed by atoms with van der Waals surface area (Å²) >= 11 is 1.40. The lowest BCUT2D eigenvalue weighted by atomic mass is 10.1. The highest BCUT2D eigenvalue weighted by Gasteiger charge is 2.17. The molecule has 31 heavy (non-hydrogen) atoms. The van der Waals surface area contributed by atoms with Crippen molar-refractivity contribution in [1.29, 1.82) is 0 Å². The first-order valence-electron chi connectivity index (χ1n) is 10.3. The zero-order valence-corrected chi connectivity index (χ0v) is 18.5. The Balaban J connectivity index is 1.47. The largest absolute Gasteiger partial charge is 0.337 e. The molecule has 7 heteroatoms. The molecule has 0 bridgehead atoms. The Kier molecular flexibility index (Phi) is 6.62. The molecule has 0 aliphatic rings. The number of carbonyl (C=O) groups is 1. The minimum atomic E-state index is 0.0826. The van der Waals surface area contributed by atoms with Gasteiger partial charge >= 0.3 is 0 Å². The lowest BCUT2D eigenvalue weighted by Gasteiger charge is -2.23.